The molecule has 6 heteroatoms. The van der Waals surface area contributed by atoms with Crippen molar-refractivity contribution in [3.8, 4) is 0 Å². The number of unbranched alkanes of at least 4 members (excludes halogenated alkanes) is 12. The van der Waals surface area contributed by atoms with Crippen molar-refractivity contribution in [2.45, 2.75) is 162 Å². The SMILES string of the molecule is CCCCCCCCCCCCCCCC(C(CCC)C(C)(C)N)[Si](OCC)(OCC)OCC.Cl. The lowest BCUT2D eigenvalue weighted by Gasteiger charge is -2.44. The average molecular weight is 538 g/mol. The molecule has 0 aliphatic carbocycles. The fourth-order valence-electron chi connectivity index (χ4n) is 5.46. The number of halogens is 1. The molecule has 2 atom stereocenters. The third-order valence-electron chi connectivity index (χ3n) is 7.15. The maximum atomic E-state index is 6.75. The molecular formula is C29H64ClNO3Si. The van der Waals surface area contributed by atoms with E-state index in [1.807, 2.05) is 0 Å². The Hall–Kier alpha value is 0.347. The van der Waals surface area contributed by atoms with Crippen LogP contribution in [0.2, 0.25) is 5.54 Å². The summed E-state index contributed by atoms with van der Waals surface area (Å²) in [7, 11) is -2.82. The fraction of sp³-hybridized carbons (Fsp3) is 1.00. The minimum absolute atomic E-state index is 0. The quantitative estimate of drug-likeness (QED) is 0.0929. The van der Waals surface area contributed by atoms with E-state index in [-0.39, 0.29) is 23.5 Å². The van der Waals surface area contributed by atoms with E-state index < -0.39 is 8.80 Å². The molecule has 4 nitrogen and oxygen atoms in total. The zero-order valence-corrected chi connectivity index (χ0v) is 26.6. The van der Waals surface area contributed by atoms with E-state index in [9.17, 15) is 0 Å². The predicted molar refractivity (Wildman–Crippen MR) is 159 cm³/mol. The van der Waals surface area contributed by atoms with Crippen LogP contribution in [0, 0.1) is 5.92 Å². The van der Waals surface area contributed by atoms with Crippen molar-refractivity contribution in [3.63, 3.8) is 0 Å². The molecule has 0 aromatic rings. The molecule has 0 rings (SSSR count). The van der Waals surface area contributed by atoms with Gasteiger partial charge in [0.2, 0.25) is 0 Å². The number of rotatable bonds is 25. The standard InChI is InChI=1S/C29H63NO3Si.ClH/c1-8-13-14-15-16-17-18-19-20-21-22-23-24-26-28(27(25-9-2)29(6,7)30)34(31-10-3,32-11-4)33-12-5;/h27-28H,8-26,30H2,1-7H3;1H. The first kappa shape index (κ1) is 37.5. The highest BCUT2D eigenvalue weighted by Gasteiger charge is 2.54. The highest BCUT2D eigenvalue weighted by Crippen LogP contribution is 2.44. The molecule has 0 aromatic heterocycles. The van der Waals surface area contributed by atoms with Gasteiger partial charge in [0.25, 0.3) is 0 Å². The van der Waals surface area contributed by atoms with Crippen molar-refractivity contribution in [2.24, 2.45) is 11.7 Å². The first-order valence-corrected chi connectivity index (χ1v) is 16.8. The zero-order chi connectivity index (χ0) is 25.7. The van der Waals surface area contributed by atoms with Gasteiger partial charge in [0.1, 0.15) is 0 Å². The van der Waals surface area contributed by atoms with Gasteiger partial charge in [-0.15, -0.1) is 12.4 Å². The molecular weight excluding hydrogens is 474 g/mol. The van der Waals surface area contributed by atoms with E-state index in [4.69, 9.17) is 19.0 Å². The van der Waals surface area contributed by atoms with Crippen LogP contribution in [0.3, 0.4) is 0 Å². The zero-order valence-electron chi connectivity index (χ0n) is 24.8. The Bertz CT molecular complexity index is 431. The summed E-state index contributed by atoms with van der Waals surface area (Å²) in [6.07, 6.45) is 21.2. The Morgan fingerprint density at radius 3 is 1.26 bits per heavy atom. The lowest BCUT2D eigenvalue weighted by atomic mass is 9.80. The van der Waals surface area contributed by atoms with E-state index in [0.717, 1.165) is 19.3 Å². The van der Waals surface area contributed by atoms with Crippen LogP contribution < -0.4 is 5.73 Å². The van der Waals surface area contributed by atoms with E-state index in [1.165, 1.54) is 83.5 Å². The monoisotopic (exact) mass is 537 g/mol. The van der Waals surface area contributed by atoms with E-state index >= 15 is 0 Å². The summed E-state index contributed by atoms with van der Waals surface area (Å²) in [5.41, 5.74) is 6.74. The topological polar surface area (TPSA) is 53.7 Å². The average Bonchev–Trinajstić information content (AvgIpc) is 2.78. The van der Waals surface area contributed by atoms with Crippen LogP contribution in [0.5, 0.6) is 0 Å². The number of hydrogen-bond acceptors (Lipinski definition) is 4. The minimum Gasteiger partial charge on any atom is -0.374 e. The van der Waals surface area contributed by atoms with Gasteiger partial charge in [-0.25, -0.2) is 0 Å². The lowest BCUT2D eigenvalue weighted by Crippen LogP contribution is -2.57. The van der Waals surface area contributed by atoms with Crippen LogP contribution >= 0.6 is 12.4 Å². The molecule has 2 N–H and O–H groups in total. The van der Waals surface area contributed by atoms with Crippen LogP contribution in [0.25, 0.3) is 0 Å². The van der Waals surface area contributed by atoms with Crippen LogP contribution in [0.4, 0.5) is 0 Å². The molecule has 0 radical (unpaired) electrons. The summed E-state index contributed by atoms with van der Waals surface area (Å²) >= 11 is 0. The van der Waals surface area contributed by atoms with Crippen molar-refractivity contribution in [1.82, 2.24) is 0 Å². The Labute approximate surface area is 228 Å². The Balaban J connectivity index is 0. The second-order valence-corrected chi connectivity index (χ2v) is 13.6. The van der Waals surface area contributed by atoms with Crippen molar-refractivity contribution in [1.29, 1.82) is 0 Å². The second-order valence-electron chi connectivity index (χ2n) is 10.8. The third kappa shape index (κ3) is 16.7. The Kier molecular flexibility index (Phi) is 25.1. The van der Waals surface area contributed by atoms with Crippen LogP contribution in [-0.4, -0.2) is 34.2 Å². The van der Waals surface area contributed by atoms with Gasteiger partial charge in [-0.3, -0.25) is 0 Å². The number of hydrogen-bond donors (Lipinski definition) is 1. The molecule has 0 saturated heterocycles. The molecule has 0 fully saturated rings. The molecule has 214 valence electrons. The highest BCUT2D eigenvalue weighted by molar-refractivity contribution is 6.62. The Morgan fingerprint density at radius 2 is 0.943 bits per heavy atom. The van der Waals surface area contributed by atoms with Crippen LogP contribution in [0.15, 0.2) is 0 Å². The van der Waals surface area contributed by atoms with Gasteiger partial charge in [-0.1, -0.05) is 104 Å². The van der Waals surface area contributed by atoms with Gasteiger partial charge in [0.05, 0.1) is 0 Å². The molecule has 0 spiro atoms. The molecule has 0 aliphatic heterocycles. The summed E-state index contributed by atoms with van der Waals surface area (Å²) in [5.74, 6) is 0.339. The van der Waals surface area contributed by atoms with Gasteiger partial charge >= 0.3 is 8.80 Å². The van der Waals surface area contributed by atoms with Crippen molar-refractivity contribution in [3.05, 3.63) is 0 Å². The maximum Gasteiger partial charge on any atom is 0.504 e. The molecule has 2 unspecified atom stereocenters. The highest BCUT2D eigenvalue weighted by atomic mass is 35.5. The molecule has 0 amide bonds. The van der Waals surface area contributed by atoms with Gasteiger partial charge in [-0.2, -0.15) is 0 Å². The minimum atomic E-state index is -2.82. The first-order chi connectivity index (χ1) is 16.3. The number of nitrogens with two attached hydrogens (primary N) is 1. The third-order valence-corrected chi connectivity index (χ3v) is 10.8. The van der Waals surface area contributed by atoms with Crippen LogP contribution in [-0.2, 0) is 13.3 Å². The van der Waals surface area contributed by atoms with Gasteiger partial charge in [0, 0.05) is 30.9 Å². The first-order valence-electron chi connectivity index (χ1n) is 15.0. The van der Waals surface area contributed by atoms with Crippen molar-refractivity contribution < 1.29 is 13.3 Å². The van der Waals surface area contributed by atoms with Crippen molar-refractivity contribution >= 4 is 21.2 Å². The molecule has 35 heavy (non-hydrogen) atoms. The maximum absolute atomic E-state index is 6.75. The van der Waals surface area contributed by atoms with E-state index in [1.54, 1.807) is 0 Å². The summed E-state index contributed by atoms with van der Waals surface area (Å²) in [6, 6.07) is 0. The van der Waals surface area contributed by atoms with Crippen molar-refractivity contribution in [2.75, 3.05) is 19.8 Å². The molecule has 0 heterocycles. The smallest absolute Gasteiger partial charge is 0.374 e. The van der Waals surface area contributed by atoms with E-state index in [0.29, 0.717) is 25.7 Å². The normalized spacial score (nSPS) is 14.1. The second kappa shape index (κ2) is 23.5. The fourth-order valence-corrected chi connectivity index (χ4v) is 9.20. The Morgan fingerprint density at radius 1 is 0.571 bits per heavy atom. The summed E-state index contributed by atoms with van der Waals surface area (Å²) in [4.78, 5) is 0. The summed E-state index contributed by atoms with van der Waals surface area (Å²) in [6.45, 7) is 17.0. The predicted octanol–water partition coefficient (Wildman–Crippen LogP) is 9.46. The van der Waals surface area contributed by atoms with Gasteiger partial charge < -0.3 is 19.0 Å². The molecule has 0 aromatic carbocycles. The lowest BCUT2D eigenvalue weighted by molar-refractivity contribution is 0.0444. The molecule has 0 aliphatic rings. The van der Waals surface area contributed by atoms with Gasteiger partial charge in [0.15, 0.2) is 0 Å². The summed E-state index contributed by atoms with van der Waals surface area (Å²) < 4.78 is 19.2. The molecule has 0 saturated carbocycles. The molecule has 0 bridgehead atoms. The van der Waals surface area contributed by atoms with E-state index in [2.05, 4.69) is 48.5 Å². The van der Waals surface area contributed by atoms with Gasteiger partial charge in [-0.05, 0) is 53.4 Å². The summed E-state index contributed by atoms with van der Waals surface area (Å²) in [5, 5.41) is 0. The van der Waals surface area contributed by atoms with Crippen LogP contribution in [0.1, 0.15) is 151 Å². The largest absolute Gasteiger partial charge is 0.504 e.